The fraction of sp³-hybridized carbons (Fsp3) is 0.650. The van der Waals surface area contributed by atoms with Crippen LogP contribution in [-0.4, -0.2) is 37.0 Å². The van der Waals surface area contributed by atoms with Gasteiger partial charge in [0.05, 0.1) is 17.7 Å². The van der Waals surface area contributed by atoms with Crippen molar-refractivity contribution in [2.75, 3.05) is 12.8 Å². The molecule has 0 radical (unpaired) electrons. The van der Waals surface area contributed by atoms with E-state index in [1.165, 1.54) is 35.4 Å². The third-order valence-electron chi connectivity index (χ3n) is 6.17. The summed E-state index contributed by atoms with van der Waals surface area (Å²) >= 11 is 1.89. The Morgan fingerprint density at radius 2 is 2.25 bits per heavy atom. The summed E-state index contributed by atoms with van der Waals surface area (Å²) in [5, 5.41) is 13.2. The average molecular weight is 421 g/mol. The summed E-state index contributed by atoms with van der Waals surface area (Å²) in [5.74, 6) is 0. The lowest BCUT2D eigenvalue weighted by Crippen LogP contribution is -2.52. The molecule has 0 aromatic rings. The summed E-state index contributed by atoms with van der Waals surface area (Å²) < 4.78 is 25.7. The Bertz CT molecular complexity index is 902. The smallest absolute Gasteiger partial charge is 0.210 e. The van der Waals surface area contributed by atoms with Crippen molar-refractivity contribution in [3.63, 3.8) is 0 Å². The molecule has 152 valence electrons. The molecule has 4 aliphatic rings. The zero-order valence-corrected chi connectivity index (χ0v) is 18.1. The molecule has 3 aliphatic heterocycles. The number of hydrogen-bond acceptors (Lipinski definition) is 6. The van der Waals surface area contributed by atoms with Gasteiger partial charge in [-0.1, -0.05) is 12.5 Å². The number of allylic oxidation sites excluding steroid dienone is 4. The van der Waals surface area contributed by atoms with Gasteiger partial charge in [-0.05, 0) is 51.0 Å². The Morgan fingerprint density at radius 3 is 3.00 bits per heavy atom. The Balaban J connectivity index is 1.56. The van der Waals surface area contributed by atoms with E-state index in [1.807, 2.05) is 11.8 Å². The highest BCUT2D eigenvalue weighted by Gasteiger charge is 2.51. The van der Waals surface area contributed by atoms with E-state index < -0.39 is 15.6 Å². The maximum absolute atomic E-state index is 11.6. The summed E-state index contributed by atoms with van der Waals surface area (Å²) in [6.45, 7) is 1.92. The van der Waals surface area contributed by atoms with E-state index >= 15 is 0 Å². The molecule has 2 N–H and O–H groups in total. The minimum absolute atomic E-state index is 0.144. The molecular weight excluding hydrogens is 392 g/mol. The fourth-order valence-electron chi connectivity index (χ4n) is 4.96. The minimum atomic E-state index is -3.45. The number of thioether (sulfide) groups is 1. The van der Waals surface area contributed by atoms with Crippen LogP contribution >= 0.6 is 11.8 Å². The fourth-order valence-corrected chi connectivity index (χ4v) is 7.60. The van der Waals surface area contributed by atoms with Crippen molar-refractivity contribution in [2.24, 2.45) is 5.41 Å². The number of nitrogens with zero attached hydrogens (tertiary/aromatic N) is 2. The van der Waals surface area contributed by atoms with Crippen molar-refractivity contribution < 1.29 is 8.42 Å². The second kappa shape index (κ2) is 7.21. The SMILES string of the molecule is CC(C#N)(CN[C@H]1CC23CCCCC2=CN2C=CCCC2=C3S1)NS(C)(=O)=O. The molecule has 4 rings (SSSR count). The van der Waals surface area contributed by atoms with Crippen LogP contribution in [0.4, 0.5) is 0 Å². The van der Waals surface area contributed by atoms with Crippen LogP contribution in [0.5, 0.6) is 0 Å². The molecule has 6 nitrogen and oxygen atoms in total. The molecule has 1 saturated carbocycles. The minimum Gasteiger partial charge on any atom is -0.327 e. The van der Waals surface area contributed by atoms with Crippen molar-refractivity contribution in [1.29, 1.82) is 5.26 Å². The Morgan fingerprint density at radius 1 is 1.43 bits per heavy atom. The summed E-state index contributed by atoms with van der Waals surface area (Å²) in [6, 6.07) is 2.12. The van der Waals surface area contributed by atoms with Crippen molar-refractivity contribution in [3.05, 3.63) is 34.7 Å². The van der Waals surface area contributed by atoms with Gasteiger partial charge in [0.25, 0.3) is 0 Å². The van der Waals surface area contributed by atoms with E-state index in [2.05, 4.69) is 39.5 Å². The summed E-state index contributed by atoms with van der Waals surface area (Å²) in [5.41, 5.74) is 1.96. The lowest BCUT2D eigenvalue weighted by molar-refractivity contribution is 0.290. The van der Waals surface area contributed by atoms with Crippen LogP contribution in [0.1, 0.15) is 51.9 Å². The largest absolute Gasteiger partial charge is 0.327 e. The lowest BCUT2D eigenvalue weighted by atomic mass is 9.66. The molecule has 0 aromatic heterocycles. The first-order valence-corrected chi connectivity index (χ1v) is 12.7. The molecule has 2 unspecified atom stereocenters. The van der Waals surface area contributed by atoms with Crippen LogP contribution in [0.15, 0.2) is 34.7 Å². The Hall–Kier alpha value is -1.27. The van der Waals surface area contributed by atoms with Gasteiger partial charge in [-0.3, -0.25) is 0 Å². The quantitative estimate of drug-likeness (QED) is 0.711. The van der Waals surface area contributed by atoms with Gasteiger partial charge < -0.3 is 10.2 Å². The van der Waals surface area contributed by atoms with E-state index in [-0.39, 0.29) is 17.3 Å². The number of fused-ring (bicyclic) bond motifs is 1. The first-order valence-electron chi connectivity index (χ1n) is 9.95. The lowest BCUT2D eigenvalue weighted by Gasteiger charge is -2.44. The molecule has 1 spiro atoms. The topological polar surface area (TPSA) is 85.2 Å². The number of nitrogens with one attached hydrogen (secondary N) is 2. The third kappa shape index (κ3) is 3.65. The maximum atomic E-state index is 11.6. The summed E-state index contributed by atoms with van der Waals surface area (Å²) in [6.07, 6.45) is 15.9. The van der Waals surface area contributed by atoms with Crippen LogP contribution in [0.2, 0.25) is 0 Å². The van der Waals surface area contributed by atoms with Crippen LogP contribution in [0.25, 0.3) is 0 Å². The van der Waals surface area contributed by atoms with Crippen molar-refractivity contribution in [3.8, 4) is 6.07 Å². The predicted octanol–water partition coefficient (Wildman–Crippen LogP) is 3.15. The van der Waals surface area contributed by atoms with Gasteiger partial charge in [-0.2, -0.15) is 9.98 Å². The Labute approximate surface area is 172 Å². The van der Waals surface area contributed by atoms with Crippen molar-refractivity contribution >= 4 is 21.8 Å². The third-order valence-corrected chi connectivity index (χ3v) is 8.47. The zero-order valence-electron chi connectivity index (χ0n) is 16.5. The van der Waals surface area contributed by atoms with Crippen molar-refractivity contribution in [1.82, 2.24) is 14.9 Å². The summed E-state index contributed by atoms with van der Waals surface area (Å²) in [7, 11) is -3.45. The van der Waals surface area contributed by atoms with E-state index in [9.17, 15) is 13.7 Å². The number of rotatable bonds is 5. The second-order valence-electron chi connectivity index (χ2n) is 8.56. The molecule has 0 aromatic carbocycles. The molecule has 0 amide bonds. The van der Waals surface area contributed by atoms with Crippen LogP contribution in [0.3, 0.4) is 0 Å². The summed E-state index contributed by atoms with van der Waals surface area (Å²) in [4.78, 5) is 3.82. The second-order valence-corrected chi connectivity index (χ2v) is 11.5. The normalized spacial score (nSPS) is 31.4. The van der Waals surface area contributed by atoms with E-state index in [4.69, 9.17) is 0 Å². The van der Waals surface area contributed by atoms with Gasteiger partial charge in [0.2, 0.25) is 10.0 Å². The molecule has 8 heteroatoms. The monoisotopic (exact) mass is 420 g/mol. The zero-order chi connectivity index (χ0) is 20.0. The number of hydrogen-bond donors (Lipinski definition) is 2. The van der Waals surface area contributed by atoms with E-state index in [0.717, 1.165) is 31.9 Å². The predicted molar refractivity (Wildman–Crippen MR) is 112 cm³/mol. The highest BCUT2D eigenvalue weighted by atomic mass is 32.2. The van der Waals surface area contributed by atoms with Crippen LogP contribution < -0.4 is 10.0 Å². The van der Waals surface area contributed by atoms with Gasteiger partial charge >= 0.3 is 0 Å². The molecule has 3 heterocycles. The average Bonchev–Trinajstić information content (AvgIpc) is 3.02. The first-order chi connectivity index (χ1) is 13.2. The molecule has 0 bridgehead atoms. The van der Waals surface area contributed by atoms with Gasteiger partial charge in [0.15, 0.2) is 0 Å². The number of nitriles is 1. The van der Waals surface area contributed by atoms with Gasteiger partial charge in [-0.25, -0.2) is 8.42 Å². The standard InChI is InChI=1S/C20H28N4O2S2/c1-19(13-21,23-28(2,25)26)14-22-17-11-20-9-5-3-7-15(20)12-24-10-6-4-8-16(24)18(20)27-17/h6,10,12,17,22-23H,3-5,7-9,11,14H2,1-2H3/t17-,19?,20?/m1/s1. The van der Waals surface area contributed by atoms with Gasteiger partial charge in [0, 0.05) is 35.0 Å². The van der Waals surface area contributed by atoms with Crippen LogP contribution in [-0.2, 0) is 10.0 Å². The molecule has 3 atom stereocenters. The highest BCUT2D eigenvalue weighted by molar-refractivity contribution is 8.04. The molecule has 1 aliphatic carbocycles. The highest BCUT2D eigenvalue weighted by Crippen LogP contribution is 2.63. The van der Waals surface area contributed by atoms with E-state index in [1.54, 1.807) is 6.92 Å². The van der Waals surface area contributed by atoms with Gasteiger partial charge in [-0.15, -0.1) is 11.8 Å². The van der Waals surface area contributed by atoms with Gasteiger partial charge in [0.1, 0.15) is 5.54 Å². The van der Waals surface area contributed by atoms with Crippen molar-refractivity contribution in [2.45, 2.75) is 62.8 Å². The first kappa shape index (κ1) is 20.0. The van der Waals surface area contributed by atoms with E-state index in [0.29, 0.717) is 0 Å². The Kier molecular flexibility index (Phi) is 5.15. The van der Waals surface area contributed by atoms with Crippen LogP contribution in [0, 0.1) is 16.7 Å². The number of sulfonamides is 1. The molecule has 28 heavy (non-hydrogen) atoms. The maximum Gasteiger partial charge on any atom is 0.210 e. The molecule has 1 saturated heterocycles. The molecular formula is C20H28N4O2S2. The molecule has 2 fully saturated rings.